The molecule has 0 fully saturated rings. The molecular weight excluding hydrogens is 435 g/mol. The van der Waals surface area contributed by atoms with Crippen molar-refractivity contribution in [2.24, 2.45) is 0 Å². The minimum absolute atomic E-state index is 0.0848. The van der Waals surface area contributed by atoms with Crippen molar-refractivity contribution >= 4 is 5.97 Å². The molecule has 0 N–H and O–H groups in total. The zero-order valence-corrected chi connectivity index (χ0v) is 14.5. The molecular formula is C18H11F9O3. The van der Waals surface area contributed by atoms with Gasteiger partial charge in [0.1, 0.15) is 12.4 Å². The highest BCUT2D eigenvalue weighted by Crippen LogP contribution is 2.53. The van der Waals surface area contributed by atoms with Crippen LogP contribution in [0.15, 0.2) is 54.6 Å². The molecule has 0 atom stereocenters. The number of halogens is 9. The summed E-state index contributed by atoms with van der Waals surface area (Å²) in [6, 6.07) is 12.3. The molecule has 0 saturated heterocycles. The van der Waals surface area contributed by atoms with Crippen LogP contribution in [0.1, 0.15) is 15.9 Å². The standard InChI is InChI=1S/C18H11F9O3/c19-15(20,17(23,24)25)16(21,22)18(26,27)30-14(28)12-6-8-13(9-7-12)29-10-11-4-2-1-3-5-11/h1-9H,10H2. The van der Waals surface area contributed by atoms with Crippen molar-refractivity contribution in [3.8, 4) is 5.75 Å². The molecule has 0 saturated carbocycles. The Morgan fingerprint density at radius 1 is 0.733 bits per heavy atom. The summed E-state index contributed by atoms with van der Waals surface area (Å²) in [5, 5.41) is 0. The Morgan fingerprint density at radius 2 is 1.27 bits per heavy atom. The van der Waals surface area contributed by atoms with E-state index < -0.39 is 35.7 Å². The number of rotatable bonds is 7. The molecule has 30 heavy (non-hydrogen) atoms. The number of alkyl halides is 9. The maximum absolute atomic E-state index is 13.4. The number of carbonyl (C=O) groups is 1. The Labute approximate surface area is 163 Å². The van der Waals surface area contributed by atoms with Crippen LogP contribution in [0.4, 0.5) is 39.5 Å². The topological polar surface area (TPSA) is 35.5 Å². The van der Waals surface area contributed by atoms with Crippen LogP contribution in [0.2, 0.25) is 0 Å². The van der Waals surface area contributed by atoms with Crippen LogP contribution in [0.5, 0.6) is 5.75 Å². The first-order chi connectivity index (χ1) is 13.7. The van der Waals surface area contributed by atoms with Gasteiger partial charge in [-0.2, -0.15) is 39.5 Å². The lowest BCUT2D eigenvalue weighted by atomic mass is 10.1. The monoisotopic (exact) mass is 446 g/mol. The minimum atomic E-state index is -7.15. The van der Waals surface area contributed by atoms with Gasteiger partial charge in [0, 0.05) is 0 Å². The molecule has 164 valence electrons. The highest BCUT2D eigenvalue weighted by molar-refractivity contribution is 5.89. The summed E-state index contributed by atoms with van der Waals surface area (Å²) < 4.78 is 123. The zero-order valence-electron chi connectivity index (χ0n) is 14.5. The largest absolute Gasteiger partial charge is 0.489 e. The first kappa shape index (κ1) is 23.4. The molecule has 12 heteroatoms. The second-order valence-corrected chi connectivity index (χ2v) is 5.85. The molecule has 0 aliphatic carbocycles. The molecule has 0 aliphatic heterocycles. The first-order valence-corrected chi connectivity index (χ1v) is 7.89. The molecule has 0 aliphatic rings. The molecule has 0 spiro atoms. The van der Waals surface area contributed by atoms with Gasteiger partial charge in [0.2, 0.25) is 0 Å². The lowest BCUT2D eigenvalue weighted by Gasteiger charge is -2.32. The minimum Gasteiger partial charge on any atom is -0.489 e. The Bertz CT molecular complexity index is 863. The average molecular weight is 446 g/mol. The van der Waals surface area contributed by atoms with E-state index in [1.807, 2.05) is 0 Å². The lowest BCUT2D eigenvalue weighted by Crippen LogP contribution is -2.62. The molecule has 0 unspecified atom stereocenters. The van der Waals surface area contributed by atoms with Crippen LogP contribution in [0.3, 0.4) is 0 Å². The van der Waals surface area contributed by atoms with E-state index >= 15 is 0 Å². The normalized spacial score (nSPS) is 13.1. The van der Waals surface area contributed by atoms with Crippen LogP contribution >= 0.6 is 0 Å². The third kappa shape index (κ3) is 4.62. The van der Waals surface area contributed by atoms with Crippen LogP contribution in [0.25, 0.3) is 0 Å². The average Bonchev–Trinajstić information content (AvgIpc) is 2.66. The van der Waals surface area contributed by atoms with E-state index in [9.17, 15) is 44.3 Å². The molecule has 2 aromatic rings. The van der Waals surface area contributed by atoms with Crippen LogP contribution in [-0.4, -0.2) is 30.1 Å². The van der Waals surface area contributed by atoms with Gasteiger partial charge in [0.25, 0.3) is 0 Å². The van der Waals surface area contributed by atoms with Gasteiger partial charge in [0.05, 0.1) is 5.56 Å². The van der Waals surface area contributed by atoms with Gasteiger partial charge >= 0.3 is 30.1 Å². The third-order valence-electron chi connectivity index (χ3n) is 3.68. The summed E-state index contributed by atoms with van der Waals surface area (Å²) in [7, 11) is 0. The lowest BCUT2D eigenvalue weighted by molar-refractivity contribution is -0.433. The molecule has 0 aromatic heterocycles. The van der Waals surface area contributed by atoms with Gasteiger partial charge in [0.15, 0.2) is 0 Å². The van der Waals surface area contributed by atoms with E-state index in [0.717, 1.165) is 29.8 Å². The molecule has 0 radical (unpaired) electrons. The molecule has 0 amide bonds. The zero-order chi connectivity index (χ0) is 22.8. The van der Waals surface area contributed by atoms with Crippen molar-refractivity contribution in [1.29, 1.82) is 0 Å². The van der Waals surface area contributed by atoms with E-state index in [1.54, 1.807) is 30.3 Å². The van der Waals surface area contributed by atoms with Crippen molar-refractivity contribution in [3.05, 3.63) is 65.7 Å². The molecule has 0 heterocycles. The Morgan fingerprint density at radius 3 is 1.77 bits per heavy atom. The van der Waals surface area contributed by atoms with Crippen LogP contribution in [0, 0.1) is 0 Å². The Balaban J connectivity index is 2.09. The quantitative estimate of drug-likeness (QED) is 0.396. The number of hydrogen-bond acceptors (Lipinski definition) is 3. The summed E-state index contributed by atoms with van der Waals surface area (Å²) in [4.78, 5) is 11.6. The highest BCUT2D eigenvalue weighted by atomic mass is 19.4. The van der Waals surface area contributed by atoms with Crippen molar-refractivity contribution in [3.63, 3.8) is 0 Å². The molecule has 2 rings (SSSR count). The predicted molar refractivity (Wildman–Crippen MR) is 83.5 cm³/mol. The number of hydrogen-bond donors (Lipinski definition) is 0. The second-order valence-electron chi connectivity index (χ2n) is 5.85. The fourth-order valence-corrected chi connectivity index (χ4v) is 2.03. The first-order valence-electron chi connectivity index (χ1n) is 7.89. The van der Waals surface area contributed by atoms with Crippen molar-refractivity contribution in [1.82, 2.24) is 0 Å². The maximum atomic E-state index is 13.4. The number of carbonyl (C=O) groups excluding carboxylic acids is 1. The fourth-order valence-electron chi connectivity index (χ4n) is 2.03. The van der Waals surface area contributed by atoms with E-state index in [1.165, 1.54) is 0 Å². The summed E-state index contributed by atoms with van der Waals surface area (Å²) in [6.45, 7) is 0.0848. The SMILES string of the molecule is O=C(OC(F)(F)C(F)(F)C(F)(F)C(F)(F)F)c1ccc(OCc2ccccc2)cc1. The van der Waals surface area contributed by atoms with E-state index in [0.29, 0.717) is 0 Å². The van der Waals surface area contributed by atoms with Crippen molar-refractivity contribution in [2.45, 2.75) is 30.7 Å². The van der Waals surface area contributed by atoms with Gasteiger partial charge < -0.3 is 9.47 Å². The summed E-state index contributed by atoms with van der Waals surface area (Å²) in [5.41, 5.74) is -0.0543. The van der Waals surface area contributed by atoms with Gasteiger partial charge in [-0.1, -0.05) is 30.3 Å². The van der Waals surface area contributed by atoms with Crippen molar-refractivity contribution in [2.75, 3.05) is 0 Å². The highest BCUT2D eigenvalue weighted by Gasteiger charge is 2.84. The number of ether oxygens (including phenoxy) is 2. The predicted octanol–water partition coefficient (Wildman–Crippen LogP) is 5.85. The Hall–Kier alpha value is -2.92. The smallest absolute Gasteiger partial charge is 0.473 e. The second kappa shape index (κ2) is 8.07. The van der Waals surface area contributed by atoms with Crippen LogP contribution in [-0.2, 0) is 11.3 Å². The van der Waals surface area contributed by atoms with Gasteiger partial charge in [-0.15, -0.1) is 0 Å². The molecule has 0 bridgehead atoms. The van der Waals surface area contributed by atoms with E-state index in [2.05, 4.69) is 4.74 Å². The summed E-state index contributed by atoms with van der Waals surface area (Å²) >= 11 is 0. The van der Waals surface area contributed by atoms with Crippen LogP contribution < -0.4 is 4.74 Å². The fraction of sp³-hybridized carbons (Fsp3) is 0.278. The van der Waals surface area contributed by atoms with Gasteiger partial charge in [-0.3, -0.25) is 0 Å². The van der Waals surface area contributed by atoms with E-state index in [-0.39, 0.29) is 12.4 Å². The Kier molecular flexibility index (Phi) is 6.29. The molecule has 3 nitrogen and oxygen atoms in total. The van der Waals surface area contributed by atoms with E-state index in [4.69, 9.17) is 4.74 Å². The number of esters is 1. The van der Waals surface area contributed by atoms with Gasteiger partial charge in [-0.25, -0.2) is 4.79 Å². The third-order valence-corrected chi connectivity index (χ3v) is 3.68. The maximum Gasteiger partial charge on any atom is 0.473 e. The summed E-state index contributed by atoms with van der Waals surface area (Å²) in [6.07, 6.45) is -13.5. The van der Waals surface area contributed by atoms with Gasteiger partial charge in [-0.05, 0) is 29.8 Å². The summed E-state index contributed by atoms with van der Waals surface area (Å²) in [5.74, 6) is -16.3. The molecule has 2 aromatic carbocycles. The number of benzene rings is 2. The van der Waals surface area contributed by atoms with Crippen molar-refractivity contribution < 1.29 is 53.8 Å².